The molecule has 1 atom stereocenters. The summed E-state index contributed by atoms with van der Waals surface area (Å²) in [4.78, 5) is 27.5. The fourth-order valence-corrected chi connectivity index (χ4v) is 4.32. The van der Waals surface area contributed by atoms with Crippen LogP contribution >= 0.6 is 35.0 Å². The molecule has 4 nitrogen and oxygen atoms in total. The number of hydrogen-bond donors (Lipinski definition) is 1. The summed E-state index contributed by atoms with van der Waals surface area (Å²) in [7, 11) is 0. The van der Waals surface area contributed by atoms with Crippen molar-refractivity contribution < 1.29 is 9.59 Å². The molecule has 2 rings (SSSR count). The molecule has 0 heterocycles. The molecule has 2 aromatic carbocycles. The van der Waals surface area contributed by atoms with E-state index >= 15 is 0 Å². The van der Waals surface area contributed by atoms with Gasteiger partial charge in [-0.05, 0) is 51.0 Å². The van der Waals surface area contributed by atoms with Crippen molar-refractivity contribution in [2.45, 2.75) is 58.0 Å². The molecule has 0 spiro atoms. The van der Waals surface area contributed by atoms with Crippen LogP contribution in [-0.4, -0.2) is 34.0 Å². The van der Waals surface area contributed by atoms with Crippen LogP contribution in [0.2, 0.25) is 10.0 Å². The smallest absolute Gasteiger partial charge is 0.242 e. The van der Waals surface area contributed by atoms with Gasteiger partial charge in [-0.1, -0.05) is 59.6 Å². The van der Waals surface area contributed by atoms with Gasteiger partial charge in [0.1, 0.15) is 6.04 Å². The number of carbonyl (C=O) groups is 2. The number of amides is 2. The molecule has 1 N–H and O–H groups in total. The van der Waals surface area contributed by atoms with E-state index < -0.39 is 6.04 Å². The molecule has 0 aliphatic heterocycles. The molecule has 0 fully saturated rings. The number of carbonyl (C=O) groups excluding carboxylic acids is 2. The van der Waals surface area contributed by atoms with E-state index in [1.165, 1.54) is 5.56 Å². The van der Waals surface area contributed by atoms with Gasteiger partial charge in [0.05, 0.1) is 0 Å². The number of nitrogens with zero attached hydrogens (tertiary/aromatic N) is 1. The normalized spacial score (nSPS) is 12.3. The minimum Gasteiger partial charge on any atom is -0.350 e. The highest BCUT2D eigenvalue weighted by molar-refractivity contribution is 7.98. The van der Waals surface area contributed by atoms with E-state index in [2.05, 4.69) is 17.4 Å². The van der Waals surface area contributed by atoms with Crippen molar-refractivity contribution in [2.24, 2.45) is 0 Å². The van der Waals surface area contributed by atoms with E-state index in [4.69, 9.17) is 23.2 Å². The molecule has 0 saturated carbocycles. The highest BCUT2D eigenvalue weighted by Gasteiger charge is 2.28. The number of nitrogens with one attached hydrogen (secondary N) is 1. The number of hydrogen-bond acceptors (Lipinski definition) is 3. The Labute approximate surface area is 199 Å². The zero-order valence-corrected chi connectivity index (χ0v) is 20.8. The zero-order chi connectivity index (χ0) is 23.0. The van der Waals surface area contributed by atoms with E-state index in [0.717, 1.165) is 11.3 Å². The van der Waals surface area contributed by atoms with Gasteiger partial charge in [0, 0.05) is 40.1 Å². The average molecular weight is 481 g/mol. The van der Waals surface area contributed by atoms with E-state index in [0.29, 0.717) is 22.2 Å². The molecular formula is C24H30Cl2N2O2S. The standard InChI is InChI=1S/C24H30Cl2N2O2S/c1-17(23(30)27-24(2,3)4)28(15-19-10-11-20(25)14-21(19)26)22(29)12-13-31-16-18-8-6-5-7-9-18/h5-11,14,17H,12-13,15-16H2,1-4H3,(H,27,30)/t17-/m1/s1. The van der Waals surface area contributed by atoms with Crippen LogP contribution in [0.5, 0.6) is 0 Å². The average Bonchev–Trinajstić information content (AvgIpc) is 2.69. The largest absolute Gasteiger partial charge is 0.350 e. The third-order valence-electron chi connectivity index (χ3n) is 4.59. The van der Waals surface area contributed by atoms with Crippen molar-refractivity contribution in [1.29, 1.82) is 0 Å². The lowest BCUT2D eigenvalue weighted by molar-refractivity contribution is -0.140. The topological polar surface area (TPSA) is 49.4 Å². The molecule has 0 radical (unpaired) electrons. The second-order valence-electron chi connectivity index (χ2n) is 8.46. The Bertz CT molecular complexity index is 885. The van der Waals surface area contributed by atoms with Crippen LogP contribution in [0.25, 0.3) is 0 Å². The number of benzene rings is 2. The van der Waals surface area contributed by atoms with Gasteiger partial charge in [-0.25, -0.2) is 0 Å². The highest BCUT2D eigenvalue weighted by atomic mass is 35.5. The Balaban J connectivity index is 2.07. The van der Waals surface area contributed by atoms with Gasteiger partial charge in [0.15, 0.2) is 0 Å². The molecule has 7 heteroatoms. The summed E-state index contributed by atoms with van der Waals surface area (Å²) in [5, 5.41) is 3.97. The minimum atomic E-state index is -0.627. The molecule has 0 saturated heterocycles. The van der Waals surface area contributed by atoms with Crippen LogP contribution in [0, 0.1) is 0 Å². The summed E-state index contributed by atoms with van der Waals surface area (Å²) in [6.45, 7) is 7.75. The van der Waals surface area contributed by atoms with Crippen LogP contribution in [-0.2, 0) is 21.9 Å². The first-order valence-electron chi connectivity index (χ1n) is 10.2. The fourth-order valence-electron chi connectivity index (χ4n) is 2.96. The molecule has 2 aromatic rings. The molecule has 2 amide bonds. The molecule has 0 bridgehead atoms. The minimum absolute atomic E-state index is 0.0804. The summed E-state index contributed by atoms with van der Waals surface area (Å²) in [5.41, 5.74) is 1.60. The zero-order valence-electron chi connectivity index (χ0n) is 18.5. The van der Waals surface area contributed by atoms with Gasteiger partial charge in [0.2, 0.25) is 11.8 Å². The lowest BCUT2D eigenvalue weighted by Gasteiger charge is -2.31. The quantitative estimate of drug-likeness (QED) is 0.451. The Morgan fingerprint density at radius 1 is 1.10 bits per heavy atom. The number of rotatable bonds is 9. The Kier molecular flexibility index (Phi) is 9.73. The van der Waals surface area contributed by atoms with Gasteiger partial charge in [-0.15, -0.1) is 0 Å². The Morgan fingerprint density at radius 3 is 2.39 bits per heavy atom. The predicted molar refractivity (Wildman–Crippen MR) is 132 cm³/mol. The van der Waals surface area contributed by atoms with Crippen LogP contribution in [0.1, 0.15) is 45.2 Å². The molecule has 31 heavy (non-hydrogen) atoms. The van der Waals surface area contributed by atoms with Crippen molar-refractivity contribution in [3.8, 4) is 0 Å². The SMILES string of the molecule is C[C@H](C(=O)NC(C)(C)C)N(Cc1ccc(Cl)cc1Cl)C(=O)CCSCc1ccccc1. The number of halogens is 2. The first-order chi connectivity index (χ1) is 14.6. The van der Waals surface area contributed by atoms with E-state index in [-0.39, 0.29) is 23.9 Å². The van der Waals surface area contributed by atoms with Crippen molar-refractivity contribution in [3.05, 3.63) is 69.7 Å². The highest BCUT2D eigenvalue weighted by Crippen LogP contribution is 2.24. The molecule has 168 valence electrons. The maximum Gasteiger partial charge on any atom is 0.242 e. The molecule has 0 aliphatic rings. The van der Waals surface area contributed by atoms with Crippen LogP contribution < -0.4 is 5.32 Å². The fraction of sp³-hybridized carbons (Fsp3) is 0.417. The summed E-state index contributed by atoms with van der Waals surface area (Å²) < 4.78 is 0. The summed E-state index contributed by atoms with van der Waals surface area (Å²) in [6, 6.07) is 14.7. The third kappa shape index (κ3) is 8.76. The second-order valence-corrected chi connectivity index (χ2v) is 10.4. The van der Waals surface area contributed by atoms with E-state index in [1.807, 2.05) is 39.0 Å². The maximum atomic E-state index is 13.1. The van der Waals surface area contributed by atoms with Crippen molar-refractivity contribution in [3.63, 3.8) is 0 Å². The number of thioether (sulfide) groups is 1. The molecule has 0 aromatic heterocycles. The van der Waals surface area contributed by atoms with Gasteiger partial charge in [-0.2, -0.15) is 11.8 Å². The first-order valence-corrected chi connectivity index (χ1v) is 12.1. The van der Waals surface area contributed by atoms with Gasteiger partial charge >= 0.3 is 0 Å². The summed E-state index contributed by atoms with van der Waals surface area (Å²) >= 11 is 14.0. The summed E-state index contributed by atoms with van der Waals surface area (Å²) in [5.74, 6) is 1.25. The third-order valence-corrected chi connectivity index (χ3v) is 6.21. The molecule has 0 aliphatic carbocycles. The van der Waals surface area contributed by atoms with E-state index in [9.17, 15) is 9.59 Å². The first kappa shape index (κ1) is 25.6. The summed E-state index contributed by atoms with van der Waals surface area (Å²) in [6.07, 6.45) is 0.343. The van der Waals surface area contributed by atoms with Gasteiger partial charge < -0.3 is 10.2 Å². The Morgan fingerprint density at radius 2 is 1.77 bits per heavy atom. The van der Waals surface area contributed by atoms with Crippen molar-refractivity contribution in [2.75, 3.05) is 5.75 Å². The Hall–Kier alpha value is -1.69. The molecule has 0 unspecified atom stereocenters. The lowest BCUT2D eigenvalue weighted by atomic mass is 10.1. The maximum absolute atomic E-state index is 13.1. The second kappa shape index (κ2) is 11.8. The monoisotopic (exact) mass is 480 g/mol. The van der Waals surface area contributed by atoms with Gasteiger partial charge in [-0.3, -0.25) is 9.59 Å². The van der Waals surface area contributed by atoms with Gasteiger partial charge in [0.25, 0.3) is 0 Å². The predicted octanol–water partition coefficient (Wildman–Crippen LogP) is 5.95. The van der Waals surface area contributed by atoms with Crippen LogP contribution in [0.15, 0.2) is 48.5 Å². The van der Waals surface area contributed by atoms with Crippen LogP contribution in [0.4, 0.5) is 0 Å². The van der Waals surface area contributed by atoms with Crippen molar-refractivity contribution >= 4 is 46.8 Å². The van der Waals surface area contributed by atoms with Crippen molar-refractivity contribution in [1.82, 2.24) is 10.2 Å². The molecular weight excluding hydrogens is 451 g/mol. The lowest BCUT2D eigenvalue weighted by Crippen LogP contribution is -2.52. The van der Waals surface area contributed by atoms with Crippen LogP contribution in [0.3, 0.4) is 0 Å². The van der Waals surface area contributed by atoms with E-state index in [1.54, 1.807) is 41.8 Å².